The van der Waals surface area contributed by atoms with Gasteiger partial charge in [-0.25, -0.2) is 9.78 Å². The van der Waals surface area contributed by atoms with Crippen molar-refractivity contribution in [3.8, 4) is 0 Å². The Morgan fingerprint density at radius 3 is 2.76 bits per heavy atom. The molecule has 0 bridgehead atoms. The summed E-state index contributed by atoms with van der Waals surface area (Å²) in [7, 11) is 0. The Hall–Kier alpha value is -1.84. The van der Waals surface area contributed by atoms with E-state index < -0.39 is 5.97 Å². The fourth-order valence-electron chi connectivity index (χ4n) is 1.96. The standard InChI is InChI=1S/C13H16N2O2/c1-8(2)6-10-12(13(16)17)15-7-9(3)4-5-11(15)14-10/h4-5,7-8H,6H2,1-3H3,(H,16,17). The number of hydrogen-bond donors (Lipinski definition) is 1. The molecule has 2 aromatic heterocycles. The maximum absolute atomic E-state index is 11.3. The van der Waals surface area contributed by atoms with Crippen molar-refractivity contribution in [2.45, 2.75) is 27.2 Å². The van der Waals surface area contributed by atoms with E-state index in [1.54, 1.807) is 4.40 Å². The minimum atomic E-state index is -0.918. The van der Waals surface area contributed by atoms with Gasteiger partial charge in [0.2, 0.25) is 0 Å². The van der Waals surface area contributed by atoms with Crippen molar-refractivity contribution in [1.29, 1.82) is 0 Å². The lowest BCUT2D eigenvalue weighted by Gasteiger charge is -2.03. The van der Waals surface area contributed by atoms with Gasteiger partial charge in [-0.1, -0.05) is 19.9 Å². The Morgan fingerprint density at radius 1 is 1.47 bits per heavy atom. The summed E-state index contributed by atoms with van der Waals surface area (Å²) < 4.78 is 1.66. The molecule has 17 heavy (non-hydrogen) atoms. The lowest BCUT2D eigenvalue weighted by molar-refractivity contribution is 0.0688. The highest BCUT2D eigenvalue weighted by Gasteiger charge is 2.18. The van der Waals surface area contributed by atoms with Crippen LogP contribution in [0.2, 0.25) is 0 Å². The molecule has 1 N–H and O–H groups in total. The molecule has 0 atom stereocenters. The first-order chi connectivity index (χ1) is 7.99. The fraction of sp³-hybridized carbons (Fsp3) is 0.385. The lowest BCUT2D eigenvalue weighted by Crippen LogP contribution is -2.07. The van der Waals surface area contributed by atoms with E-state index in [-0.39, 0.29) is 5.69 Å². The third-order valence-electron chi connectivity index (χ3n) is 2.64. The van der Waals surface area contributed by atoms with E-state index in [0.29, 0.717) is 23.7 Å². The number of imidazole rings is 1. The minimum Gasteiger partial charge on any atom is -0.477 e. The predicted octanol–water partition coefficient (Wildman–Crippen LogP) is 2.54. The third-order valence-corrected chi connectivity index (χ3v) is 2.64. The number of nitrogens with zero attached hydrogens (tertiary/aromatic N) is 2. The molecule has 2 heterocycles. The highest BCUT2D eigenvalue weighted by molar-refractivity contribution is 5.88. The Bertz CT molecular complexity index is 570. The molecule has 0 unspecified atom stereocenters. The first-order valence-corrected chi connectivity index (χ1v) is 5.70. The SMILES string of the molecule is Cc1ccc2nc(CC(C)C)c(C(=O)O)n2c1. The van der Waals surface area contributed by atoms with Gasteiger partial charge >= 0.3 is 5.97 Å². The molecule has 0 spiro atoms. The summed E-state index contributed by atoms with van der Waals surface area (Å²) in [5, 5.41) is 9.30. The van der Waals surface area contributed by atoms with Crippen LogP contribution in [0.3, 0.4) is 0 Å². The lowest BCUT2D eigenvalue weighted by atomic mass is 10.1. The van der Waals surface area contributed by atoms with Crippen LogP contribution in [-0.4, -0.2) is 20.5 Å². The van der Waals surface area contributed by atoms with E-state index >= 15 is 0 Å². The molecule has 4 nitrogen and oxygen atoms in total. The summed E-state index contributed by atoms with van der Waals surface area (Å²) >= 11 is 0. The van der Waals surface area contributed by atoms with Gasteiger partial charge < -0.3 is 5.11 Å². The van der Waals surface area contributed by atoms with Gasteiger partial charge in [0.25, 0.3) is 0 Å². The second-order valence-electron chi connectivity index (χ2n) is 4.74. The number of carboxylic acid groups (broad SMARTS) is 1. The fourth-order valence-corrected chi connectivity index (χ4v) is 1.96. The third kappa shape index (κ3) is 2.16. The van der Waals surface area contributed by atoms with E-state index in [1.807, 2.05) is 25.3 Å². The highest BCUT2D eigenvalue weighted by Crippen LogP contribution is 2.17. The Labute approximate surface area is 99.9 Å². The average Bonchev–Trinajstić information content (AvgIpc) is 2.53. The van der Waals surface area contributed by atoms with E-state index in [4.69, 9.17) is 0 Å². The van der Waals surface area contributed by atoms with E-state index in [9.17, 15) is 9.90 Å². The summed E-state index contributed by atoms with van der Waals surface area (Å²) in [6, 6.07) is 3.79. The summed E-state index contributed by atoms with van der Waals surface area (Å²) in [6.45, 7) is 6.05. The number of aryl methyl sites for hydroxylation is 1. The van der Waals surface area contributed by atoms with Gasteiger partial charge in [0.15, 0.2) is 5.69 Å². The molecule has 0 radical (unpaired) electrons. The molecular weight excluding hydrogens is 216 g/mol. The van der Waals surface area contributed by atoms with Crippen molar-refractivity contribution in [3.63, 3.8) is 0 Å². The molecule has 0 amide bonds. The van der Waals surface area contributed by atoms with Crippen LogP contribution in [-0.2, 0) is 6.42 Å². The summed E-state index contributed by atoms with van der Waals surface area (Å²) in [5.74, 6) is -0.530. The Balaban J connectivity index is 2.67. The van der Waals surface area contributed by atoms with Crippen LogP contribution in [0.4, 0.5) is 0 Å². The van der Waals surface area contributed by atoms with Crippen molar-refractivity contribution < 1.29 is 9.90 Å². The van der Waals surface area contributed by atoms with Gasteiger partial charge in [0.1, 0.15) is 5.65 Å². The zero-order chi connectivity index (χ0) is 12.6. The minimum absolute atomic E-state index is 0.289. The Morgan fingerprint density at radius 2 is 2.18 bits per heavy atom. The van der Waals surface area contributed by atoms with E-state index in [0.717, 1.165) is 5.56 Å². The van der Waals surface area contributed by atoms with Crippen molar-refractivity contribution in [1.82, 2.24) is 9.38 Å². The molecule has 2 aromatic rings. The van der Waals surface area contributed by atoms with Gasteiger partial charge in [-0.15, -0.1) is 0 Å². The van der Waals surface area contributed by atoms with Gasteiger partial charge in [-0.2, -0.15) is 0 Å². The van der Waals surface area contributed by atoms with Crippen LogP contribution >= 0.6 is 0 Å². The maximum Gasteiger partial charge on any atom is 0.354 e. The number of aromatic nitrogens is 2. The summed E-state index contributed by atoms with van der Waals surface area (Å²) in [5.41, 5.74) is 2.67. The quantitative estimate of drug-likeness (QED) is 0.884. The second kappa shape index (κ2) is 4.20. The summed E-state index contributed by atoms with van der Waals surface area (Å²) in [6.07, 6.45) is 2.50. The number of carboxylic acids is 1. The largest absolute Gasteiger partial charge is 0.477 e. The summed E-state index contributed by atoms with van der Waals surface area (Å²) in [4.78, 5) is 15.7. The topological polar surface area (TPSA) is 54.6 Å². The number of fused-ring (bicyclic) bond motifs is 1. The first-order valence-electron chi connectivity index (χ1n) is 5.70. The zero-order valence-corrected chi connectivity index (χ0v) is 10.3. The second-order valence-corrected chi connectivity index (χ2v) is 4.74. The molecule has 0 aliphatic heterocycles. The van der Waals surface area contributed by atoms with E-state index in [1.165, 1.54) is 0 Å². The molecule has 90 valence electrons. The zero-order valence-electron chi connectivity index (χ0n) is 10.3. The van der Waals surface area contributed by atoms with Crippen LogP contribution in [0.25, 0.3) is 5.65 Å². The molecule has 0 fully saturated rings. The van der Waals surface area contributed by atoms with Crippen LogP contribution < -0.4 is 0 Å². The molecule has 0 saturated heterocycles. The van der Waals surface area contributed by atoms with Crippen molar-refractivity contribution in [2.75, 3.05) is 0 Å². The molecule has 0 aliphatic carbocycles. The average molecular weight is 232 g/mol. The number of hydrogen-bond acceptors (Lipinski definition) is 2. The molecule has 0 saturated carbocycles. The van der Waals surface area contributed by atoms with Crippen LogP contribution in [0.15, 0.2) is 18.3 Å². The van der Waals surface area contributed by atoms with Crippen molar-refractivity contribution in [3.05, 3.63) is 35.3 Å². The molecule has 0 aromatic carbocycles. The number of aromatic carboxylic acids is 1. The highest BCUT2D eigenvalue weighted by atomic mass is 16.4. The predicted molar refractivity (Wildman–Crippen MR) is 65.4 cm³/mol. The van der Waals surface area contributed by atoms with E-state index in [2.05, 4.69) is 18.8 Å². The van der Waals surface area contributed by atoms with Crippen molar-refractivity contribution in [2.24, 2.45) is 5.92 Å². The molecular formula is C13H16N2O2. The Kier molecular flexibility index (Phi) is 2.88. The number of carbonyl (C=O) groups is 1. The monoisotopic (exact) mass is 232 g/mol. The maximum atomic E-state index is 11.3. The van der Waals surface area contributed by atoms with Gasteiger partial charge in [-0.3, -0.25) is 4.40 Å². The molecule has 0 aliphatic rings. The molecule has 4 heteroatoms. The van der Waals surface area contributed by atoms with Crippen LogP contribution in [0.5, 0.6) is 0 Å². The smallest absolute Gasteiger partial charge is 0.354 e. The molecule has 2 rings (SSSR count). The number of rotatable bonds is 3. The van der Waals surface area contributed by atoms with Crippen LogP contribution in [0.1, 0.15) is 35.6 Å². The van der Waals surface area contributed by atoms with Gasteiger partial charge in [0.05, 0.1) is 5.69 Å². The van der Waals surface area contributed by atoms with Crippen LogP contribution in [0, 0.1) is 12.8 Å². The normalized spacial score (nSPS) is 11.3. The van der Waals surface area contributed by atoms with Gasteiger partial charge in [-0.05, 0) is 30.9 Å². The van der Waals surface area contributed by atoms with Gasteiger partial charge in [0, 0.05) is 6.20 Å². The number of pyridine rings is 1. The van der Waals surface area contributed by atoms with Crippen molar-refractivity contribution >= 4 is 11.6 Å². The first kappa shape index (κ1) is 11.6.